The molecule has 162 valence electrons. The summed E-state index contributed by atoms with van der Waals surface area (Å²) in [5.41, 5.74) is 1.93. The van der Waals surface area contributed by atoms with Crippen molar-refractivity contribution in [1.29, 1.82) is 0 Å². The maximum atomic E-state index is 12.8. The van der Waals surface area contributed by atoms with Crippen LogP contribution >= 0.6 is 0 Å². The van der Waals surface area contributed by atoms with Gasteiger partial charge in [-0.15, -0.1) is 0 Å². The zero-order valence-electron chi connectivity index (χ0n) is 17.4. The first-order chi connectivity index (χ1) is 14.4. The summed E-state index contributed by atoms with van der Waals surface area (Å²) in [4.78, 5) is 19.3. The van der Waals surface area contributed by atoms with Gasteiger partial charge in [0, 0.05) is 45.3 Å². The number of piperazine rings is 1. The fraction of sp³-hybridized carbons (Fsp3) is 0.524. The number of benzene rings is 1. The Balaban J connectivity index is 1.24. The largest absolute Gasteiger partial charge is 0.349 e. The molecule has 30 heavy (non-hydrogen) atoms. The third-order valence-corrected chi connectivity index (χ3v) is 7.70. The Hall–Kier alpha value is -2.23. The van der Waals surface area contributed by atoms with Gasteiger partial charge in [-0.25, -0.2) is 13.4 Å². The second-order valence-corrected chi connectivity index (χ2v) is 10.0. The van der Waals surface area contributed by atoms with Crippen molar-refractivity contribution in [2.24, 2.45) is 0 Å². The zero-order valence-corrected chi connectivity index (χ0v) is 18.2. The SMILES string of the molecule is Cc1ccc(S(=O)(=O)N2CCN(CC(=O)NCc3cn4c(n3)CCCC4)CC2)cc1. The zero-order chi connectivity index (χ0) is 21.1. The van der Waals surface area contributed by atoms with Crippen LogP contribution in [-0.2, 0) is 34.3 Å². The van der Waals surface area contributed by atoms with Crippen LogP contribution in [0.2, 0.25) is 0 Å². The Labute approximate surface area is 177 Å². The van der Waals surface area contributed by atoms with Crippen molar-refractivity contribution < 1.29 is 13.2 Å². The van der Waals surface area contributed by atoms with E-state index in [-0.39, 0.29) is 12.5 Å². The highest BCUT2D eigenvalue weighted by Crippen LogP contribution is 2.18. The molecule has 0 saturated carbocycles. The van der Waals surface area contributed by atoms with E-state index in [1.54, 1.807) is 12.1 Å². The first-order valence-electron chi connectivity index (χ1n) is 10.5. The van der Waals surface area contributed by atoms with Crippen molar-refractivity contribution in [2.45, 2.75) is 44.2 Å². The summed E-state index contributed by atoms with van der Waals surface area (Å²) in [6, 6.07) is 6.92. The van der Waals surface area contributed by atoms with Gasteiger partial charge < -0.3 is 9.88 Å². The quantitative estimate of drug-likeness (QED) is 0.741. The minimum absolute atomic E-state index is 0.0594. The number of hydrogen-bond acceptors (Lipinski definition) is 5. The molecule has 0 radical (unpaired) electrons. The molecule has 1 saturated heterocycles. The Morgan fingerprint density at radius 1 is 1.07 bits per heavy atom. The van der Waals surface area contributed by atoms with Crippen LogP contribution < -0.4 is 5.32 Å². The second kappa shape index (κ2) is 8.87. The van der Waals surface area contributed by atoms with E-state index in [9.17, 15) is 13.2 Å². The number of aryl methyl sites for hydroxylation is 3. The van der Waals surface area contributed by atoms with E-state index in [2.05, 4.69) is 14.9 Å². The van der Waals surface area contributed by atoms with Crippen molar-refractivity contribution in [2.75, 3.05) is 32.7 Å². The van der Waals surface area contributed by atoms with Crippen molar-refractivity contribution in [3.05, 3.63) is 47.5 Å². The fourth-order valence-corrected chi connectivity index (χ4v) is 5.41. The Kier molecular flexibility index (Phi) is 6.21. The van der Waals surface area contributed by atoms with Crippen LogP contribution in [0.25, 0.3) is 0 Å². The van der Waals surface area contributed by atoms with E-state index in [4.69, 9.17) is 0 Å². The molecular formula is C21H29N5O3S. The molecule has 1 amide bonds. The third-order valence-electron chi connectivity index (χ3n) is 5.78. The molecule has 2 aliphatic rings. The molecule has 0 spiro atoms. The maximum Gasteiger partial charge on any atom is 0.243 e. The van der Waals surface area contributed by atoms with Crippen LogP contribution in [0.4, 0.5) is 0 Å². The molecular weight excluding hydrogens is 402 g/mol. The van der Waals surface area contributed by atoms with Gasteiger partial charge in [-0.05, 0) is 31.9 Å². The highest BCUT2D eigenvalue weighted by molar-refractivity contribution is 7.89. The third kappa shape index (κ3) is 4.74. The summed E-state index contributed by atoms with van der Waals surface area (Å²) in [6.07, 6.45) is 5.39. The number of imidazole rings is 1. The molecule has 0 aliphatic carbocycles. The number of hydrogen-bond donors (Lipinski definition) is 1. The first kappa shape index (κ1) is 21.0. The minimum atomic E-state index is -3.48. The molecule has 0 bridgehead atoms. The Morgan fingerprint density at radius 2 is 1.80 bits per heavy atom. The van der Waals surface area contributed by atoms with E-state index < -0.39 is 10.0 Å². The molecule has 3 heterocycles. The van der Waals surface area contributed by atoms with Crippen molar-refractivity contribution in [1.82, 2.24) is 24.1 Å². The molecule has 1 aromatic heterocycles. The van der Waals surface area contributed by atoms with E-state index in [0.717, 1.165) is 30.0 Å². The predicted octanol–water partition coefficient (Wildman–Crippen LogP) is 1.15. The normalized spacial score (nSPS) is 18.2. The average Bonchev–Trinajstić information content (AvgIpc) is 3.16. The lowest BCUT2D eigenvalue weighted by molar-refractivity contribution is -0.122. The highest BCUT2D eigenvalue weighted by Gasteiger charge is 2.29. The molecule has 0 atom stereocenters. The lowest BCUT2D eigenvalue weighted by atomic mass is 10.2. The van der Waals surface area contributed by atoms with E-state index in [0.29, 0.717) is 37.6 Å². The van der Waals surface area contributed by atoms with E-state index in [1.165, 1.54) is 17.1 Å². The molecule has 8 nitrogen and oxygen atoms in total. The topological polar surface area (TPSA) is 87.5 Å². The number of nitrogens with zero attached hydrogens (tertiary/aromatic N) is 4. The fourth-order valence-electron chi connectivity index (χ4n) is 3.99. The smallest absolute Gasteiger partial charge is 0.243 e. The van der Waals surface area contributed by atoms with Crippen LogP contribution in [-0.4, -0.2) is 65.8 Å². The summed E-state index contributed by atoms with van der Waals surface area (Å²) in [6.45, 7) is 5.49. The van der Waals surface area contributed by atoms with Crippen LogP contribution in [0.15, 0.2) is 35.4 Å². The maximum absolute atomic E-state index is 12.8. The van der Waals surface area contributed by atoms with Gasteiger partial charge in [0.15, 0.2) is 0 Å². The standard InChI is InChI=1S/C21H29N5O3S/c1-17-5-7-19(8-6-17)30(28,29)26-12-10-24(11-13-26)16-21(27)22-14-18-15-25-9-3-2-4-20(25)23-18/h5-8,15H,2-4,9-14,16H2,1H3,(H,22,27). The lowest BCUT2D eigenvalue weighted by Crippen LogP contribution is -2.50. The molecule has 9 heteroatoms. The first-order valence-corrected chi connectivity index (χ1v) is 12.0. The van der Waals surface area contributed by atoms with Gasteiger partial charge >= 0.3 is 0 Å². The van der Waals surface area contributed by atoms with Crippen LogP contribution in [0.5, 0.6) is 0 Å². The number of rotatable bonds is 6. The van der Waals surface area contributed by atoms with Gasteiger partial charge in [-0.3, -0.25) is 9.69 Å². The van der Waals surface area contributed by atoms with Gasteiger partial charge in [-0.2, -0.15) is 4.31 Å². The molecule has 2 aliphatic heterocycles. The van der Waals surface area contributed by atoms with Gasteiger partial charge in [0.25, 0.3) is 0 Å². The summed E-state index contributed by atoms with van der Waals surface area (Å²) < 4.78 is 29.3. The Morgan fingerprint density at radius 3 is 2.50 bits per heavy atom. The predicted molar refractivity (Wildman–Crippen MR) is 113 cm³/mol. The Bertz CT molecular complexity index is 969. The summed E-state index contributed by atoms with van der Waals surface area (Å²) in [5, 5.41) is 2.94. The van der Waals surface area contributed by atoms with Crippen LogP contribution in [0, 0.1) is 6.92 Å². The number of aromatic nitrogens is 2. The average molecular weight is 432 g/mol. The molecule has 1 fully saturated rings. The monoisotopic (exact) mass is 431 g/mol. The molecule has 1 N–H and O–H groups in total. The number of nitrogens with one attached hydrogen (secondary N) is 1. The van der Waals surface area contributed by atoms with Crippen LogP contribution in [0.1, 0.15) is 29.9 Å². The minimum Gasteiger partial charge on any atom is -0.349 e. The number of sulfonamides is 1. The lowest BCUT2D eigenvalue weighted by Gasteiger charge is -2.33. The van der Waals surface area contributed by atoms with Crippen LogP contribution in [0.3, 0.4) is 0 Å². The van der Waals surface area contributed by atoms with Gasteiger partial charge in [0.05, 0.1) is 23.7 Å². The number of carbonyl (C=O) groups is 1. The second-order valence-electron chi connectivity index (χ2n) is 8.07. The highest BCUT2D eigenvalue weighted by atomic mass is 32.2. The molecule has 4 rings (SSSR count). The number of carbonyl (C=O) groups excluding carboxylic acids is 1. The van der Waals surface area contributed by atoms with Gasteiger partial charge in [-0.1, -0.05) is 17.7 Å². The van der Waals surface area contributed by atoms with Crippen molar-refractivity contribution in [3.63, 3.8) is 0 Å². The summed E-state index contributed by atoms with van der Waals surface area (Å²) >= 11 is 0. The van der Waals surface area contributed by atoms with Gasteiger partial charge in [0.2, 0.25) is 15.9 Å². The number of fused-ring (bicyclic) bond motifs is 1. The summed E-state index contributed by atoms with van der Waals surface area (Å²) in [7, 11) is -3.48. The molecule has 2 aromatic rings. The van der Waals surface area contributed by atoms with Crippen molar-refractivity contribution in [3.8, 4) is 0 Å². The summed E-state index contributed by atoms with van der Waals surface area (Å²) in [5.74, 6) is 1.05. The molecule has 1 aromatic carbocycles. The van der Waals surface area contributed by atoms with Crippen molar-refractivity contribution >= 4 is 15.9 Å². The number of amides is 1. The molecule has 0 unspecified atom stereocenters. The van der Waals surface area contributed by atoms with E-state index in [1.807, 2.05) is 30.2 Å². The van der Waals surface area contributed by atoms with Gasteiger partial charge in [0.1, 0.15) is 5.82 Å². The van der Waals surface area contributed by atoms with E-state index >= 15 is 0 Å².